The van der Waals surface area contributed by atoms with Crippen LogP contribution in [0.3, 0.4) is 0 Å². The molecule has 5 heteroatoms. The van der Waals surface area contributed by atoms with Gasteiger partial charge in [0.25, 0.3) is 0 Å². The van der Waals surface area contributed by atoms with Crippen LogP contribution in [0.4, 0.5) is 0 Å². The summed E-state index contributed by atoms with van der Waals surface area (Å²) in [6, 6.07) is 9.52. The first-order valence-corrected chi connectivity index (χ1v) is 9.13. The summed E-state index contributed by atoms with van der Waals surface area (Å²) >= 11 is 0. The molecule has 0 saturated heterocycles. The largest absolute Gasteiger partial charge is 0.478 e. The molecule has 0 saturated carbocycles. The van der Waals surface area contributed by atoms with E-state index in [0.29, 0.717) is 12.0 Å². The Balaban J connectivity index is 2.79. The van der Waals surface area contributed by atoms with Gasteiger partial charge in [0.05, 0.1) is 0 Å². The molecular formula is C21H28O5. The molecule has 1 aromatic carbocycles. The van der Waals surface area contributed by atoms with Gasteiger partial charge in [0.2, 0.25) is 0 Å². The Morgan fingerprint density at radius 2 is 1.81 bits per heavy atom. The van der Waals surface area contributed by atoms with Gasteiger partial charge in [-0.1, -0.05) is 69.9 Å². The number of esters is 1. The van der Waals surface area contributed by atoms with Gasteiger partial charge in [0.15, 0.2) is 12.4 Å². The molecule has 0 bridgehead atoms. The molecule has 5 nitrogen and oxygen atoms in total. The maximum Gasteiger partial charge on any atom is 0.331 e. The highest BCUT2D eigenvalue weighted by atomic mass is 16.5. The first-order chi connectivity index (χ1) is 12.5. The van der Waals surface area contributed by atoms with E-state index in [4.69, 9.17) is 9.84 Å². The van der Waals surface area contributed by atoms with Gasteiger partial charge < -0.3 is 9.84 Å². The van der Waals surface area contributed by atoms with Crippen molar-refractivity contribution in [3.05, 3.63) is 48.0 Å². The summed E-state index contributed by atoms with van der Waals surface area (Å²) in [5.41, 5.74) is 0.921. The van der Waals surface area contributed by atoms with Gasteiger partial charge in [-0.15, -0.1) is 0 Å². The van der Waals surface area contributed by atoms with Crippen LogP contribution < -0.4 is 0 Å². The van der Waals surface area contributed by atoms with E-state index < -0.39 is 11.9 Å². The first-order valence-electron chi connectivity index (χ1n) is 9.13. The molecule has 1 N–H and O–H groups in total. The molecular weight excluding hydrogens is 332 g/mol. The second-order valence-corrected chi connectivity index (χ2v) is 6.36. The van der Waals surface area contributed by atoms with Gasteiger partial charge in [0, 0.05) is 18.1 Å². The summed E-state index contributed by atoms with van der Waals surface area (Å²) in [7, 11) is 0. The van der Waals surface area contributed by atoms with E-state index >= 15 is 0 Å². The molecule has 26 heavy (non-hydrogen) atoms. The van der Waals surface area contributed by atoms with Gasteiger partial charge in [-0.3, -0.25) is 4.79 Å². The minimum atomic E-state index is -1.24. The highest BCUT2D eigenvalue weighted by Gasteiger charge is 2.24. The first kappa shape index (κ1) is 21.6. The summed E-state index contributed by atoms with van der Waals surface area (Å²) in [6.45, 7) is 3.92. The van der Waals surface area contributed by atoms with Crippen molar-refractivity contribution in [2.45, 2.75) is 51.9 Å². The number of ether oxygens (including phenoxy) is 1. The summed E-state index contributed by atoms with van der Waals surface area (Å²) in [5.74, 6) is -2.12. The van der Waals surface area contributed by atoms with Crippen molar-refractivity contribution >= 4 is 17.7 Å². The summed E-state index contributed by atoms with van der Waals surface area (Å²) < 4.78 is 4.91. The number of Topliss-reactive ketones (excluding diaryl/α,β-unsaturated/α-hetero) is 1. The second kappa shape index (κ2) is 12.0. The molecule has 0 heterocycles. The Morgan fingerprint density at radius 1 is 1.12 bits per heavy atom. The normalized spacial score (nSPS) is 13.3. The van der Waals surface area contributed by atoms with Crippen LogP contribution in [0.15, 0.2) is 42.5 Å². The van der Waals surface area contributed by atoms with E-state index in [1.54, 1.807) is 0 Å². The van der Waals surface area contributed by atoms with Crippen LogP contribution >= 0.6 is 0 Å². The Bertz CT molecular complexity index is 606. The lowest BCUT2D eigenvalue weighted by molar-refractivity contribution is -0.144. The molecule has 0 radical (unpaired) electrons. The number of carbonyl (C=O) groups excluding carboxylic acids is 2. The molecule has 0 spiro atoms. The number of benzene rings is 1. The van der Waals surface area contributed by atoms with Crippen LogP contribution in [0.5, 0.6) is 0 Å². The van der Waals surface area contributed by atoms with Gasteiger partial charge in [-0.25, -0.2) is 9.59 Å². The van der Waals surface area contributed by atoms with Gasteiger partial charge in [0.1, 0.15) is 0 Å². The van der Waals surface area contributed by atoms with Gasteiger partial charge >= 0.3 is 11.9 Å². The minimum absolute atomic E-state index is 0.164. The Kier molecular flexibility index (Phi) is 9.98. The predicted octanol–water partition coefficient (Wildman–Crippen LogP) is 4.13. The quantitative estimate of drug-likeness (QED) is 0.448. The summed E-state index contributed by atoms with van der Waals surface area (Å²) in [5, 5.41) is 8.51. The number of aliphatic carboxylic acids is 1. The predicted molar refractivity (Wildman–Crippen MR) is 99.8 cm³/mol. The van der Waals surface area contributed by atoms with E-state index in [2.05, 4.69) is 13.8 Å². The lowest BCUT2D eigenvalue weighted by Crippen LogP contribution is -2.22. The fraction of sp³-hybridized carbons (Fsp3) is 0.476. The molecule has 0 fully saturated rings. The zero-order valence-corrected chi connectivity index (χ0v) is 15.5. The van der Waals surface area contributed by atoms with Crippen LogP contribution in [0.2, 0.25) is 0 Å². The molecule has 2 unspecified atom stereocenters. The number of carbonyl (C=O) groups is 3. The van der Waals surface area contributed by atoms with Crippen molar-refractivity contribution in [2.24, 2.45) is 5.92 Å². The van der Waals surface area contributed by atoms with Crippen molar-refractivity contribution in [1.29, 1.82) is 0 Å². The molecule has 142 valence electrons. The molecule has 0 aliphatic rings. The molecule has 0 aliphatic carbocycles. The average molecular weight is 360 g/mol. The zero-order valence-electron chi connectivity index (χ0n) is 15.5. The van der Waals surface area contributed by atoms with Crippen LogP contribution in [-0.2, 0) is 19.1 Å². The molecule has 0 aromatic heterocycles. The van der Waals surface area contributed by atoms with E-state index in [-0.39, 0.29) is 18.3 Å². The van der Waals surface area contributed by atoms with Crippen LogP contribution in [0, 0.1) is 5.92 Å². The SMILES string of the molecule is CCCCC(CC)CC(C(=O)COC(=O)/C=C/C(=O)O)c1ccccc1. The number of hydrogen-bond acceptors (Lipinski definition) is 4. The van der Waals surface area contributed by atoms with Crippen molar-refractivity contribution < 1.29 is 24.2 Å². The number of hydrogen-bond donors (Lipinski definition) is 1. The number of ketones is 1. The summed E-state index contributed by atoms with van der Waals surface area (Å²) in [4.78, 5) is 34.6. The highest BCUT2D eigenvalue weighted by Crippen LogP contribution is 2.29. The van der Waals surface area contributed by atoms with Gasteiger partial charge in [-0.05, 0) is 17.9 Å². The Labute approximate surface area is 155 Å². The fourth-order valence-corrected chi connectivity index (χ4v) is 2.88. The summed E-state index contributed by atoms with van der Waals surface area (Å²) in [6.07, 6.45) is 6.55. The lowest BCUT2D eigenvalue weighted by Gasteiger charge is -2.22. The Hall–Kier alpha value is -2.43. The van der Waals surface area contributed by atoms with Crippen molar-refractivity contribution in [1.82, 2.24) is 0 Å². The third-order valence-corrected chi connectivity index (χ3v) is 4.42. The minimum Gasteiger partial charge on any atom is -0.478 e. The molecule has 1 rings (SSSR count). The van der Waals surface area contributed by atoms with Gasteiger partial charge in [-0.2, -0.15) is 0 Å². The van der Waals surface area contributed by atoms with Crippen molar-refractivity contribution in [3.63, 3.8) is 0 Å². The fourth-order valence-electron chi connectivity index (χ4n) is 2.88. The lowest BCUT2D eigenvalue weighted by atomic mass is 9.83. The van der Waals surface area contributed by atoms with E-state index in [0.717, 1.165) is 43.7 Å². The molecule has 0 amide bonds. The number of unbranched alkanes of at least 4 members (excludes halogenated alkanes) is 1. The average Bonchev–Trinajstić information content (AvgIpc) is 2.65. The van der Waals surface area contributed by atoms with E-state index in [1.807, 2.05) is 30.3 Å². The van der Waals surface area contributed by atoms with Crippen LogP contribution in [0.1, 0.15) is 57.4 Å². The highest BCUT2D eigenvalue weighted by molar-refractivity contribution is 5.93. The zero-order chi connectivity index (χ0) is 19.4. The van der Waals surface area contributed by atoms with E-state index in [9.17, 15) is 14.4 Å². The molecule has 0 aliphatic heterocycles. The van der Waals surface area contributed by atoms with Crippen LogP contribution in [-0.4, -0.2) is 29.4 Å². The monoisotopic (exact) mass is 360 g/mol. The van der Waals surface area contributed by atoms with Crippen molar-refractivity contribution in [3.8, 4) is 0 Å². The number of rotatable bonds is 12. The third kappa shape index (κ3) is 8.10. The standard InChI is InChI=1S/C21H28O5/c1-3-5-9-16(4-2)14-18(17-10-7-6-8-11-17)19(22)15-26-21(25)13-12-20(23)24/h6-8,10-13,16,18H,3-5,9,14-15H2,1-2H3,(H,23,24)/b13-12+. The number of carboxylic acid groups (broad SMARTS) is 1. The molecule has 2 atom stereocenters. The topological polar surface area (TPSA) is 80.7 Å². The van der Waals surface area contributed by atoms with E-state index in [1.165, 1.54) is 0 Å². The van der Waals surface area contributed by atoms with Crippen LogP contribution in [0.25, 0.3) is 0 Å². The Morgan fingerprint density at radius 3 is 2.38 bits per heavy atom. The third-order valence-electron chi connectivity index (χ3n) is 4.42. The van der Waals surface area contributed by atoms with Crippen molar-refractivity contribution in [2.75, 3.05) is 6.61 Å². The maximum absolute atomic E-state index is 12.7. The smallest absolute Gasteiger partial charge is 0.331 e. The number of carboxylic acids is 1. The maximum atomic E-state index is 12.7. The molecule has 1 aromatic rings. The second-order valence-electron chi connectivity index (χ2n) is 6.36.